The fraction of sp³-hybridized carbons (Fsp3) is 0.375. The van der Waals surface area contributed by atoms with Gasteiger partial charge in [-0.05, 0) is 44.7 Å². The minimum absolute atomic E-state index is 0.261. The minimum Gasteiger partial charge on any atom is -0.495 e. The Morgan fingerprint density at radius 1 is 1.22 bits per heavy atom. The van der Waals surface area contributed by atoms with Gasteiger partial charge >= 0.3 is 0 Å². The van der Waals surface area contributed by atoms with Crippen LogP contribution in [0.4, 0.5) is 5.82 Å². The van der Waals surface area contributed by atoms with Gasteiger partial charge < -0.3 is 20.4 Å². The first-order chi connectivity index (χ1) is 15.5. The first-order valence-corrected chi connectivity index (χ1v) is 11.3. The molecule has 5 rings (SSSR count). The molecule has 166 valence electrons. The Balaban J connectivity index is 1.53. The van der Waals surface area contributed by atoms with Crippen LogP contribution in [0.15, 0.2) is 30.6 Å². The number of aromatic nitrogens is 4. The number of rotatable bonds is 4. The Hall–Kier alpha value is -2.90. The van der Waals surface area contributed by atoms with Crippen LogP contribution in [0.25, 0.3) is 33.2 Å². The normalized spacial score (nSPS) is 18.9. The molecule has 3 N–H and O–H groups in total. The Labute approximate surface area is 192 Å². The molecule has 0 saturated heterocycles. The molecule has 1 aromatic carbocycles. The summed E-state index contributed by atoms with van der Waals surface area (Å²) >= 11 is 6.83. The molecule has 1 aliphatic rings. The number of anilines is 1. The number of hydrogen-bond acceptors (Lipinski definition) is 6. The Bertz CT molecular complexity index is 1300. The van der Waals surface area contributed by atoms with E-state index in [4.69, 9.17) is 32.0 Å². The van der Waals surface area contributed by atoms with Crippen molar-refractivity contribution in [1.29, 1.82) is 0 Å². The van der Waals surface area contributed by atoms with Gasteiger partial charge in [0.25, 0.3) is 0 Å². The number of halogens is 1. The standard InChI is InChI=1S/C24H27ClN6O/c1-13-20(32-3)10-17-19(29-13)8-7-16(22(17)25)18-11-28-24-23(18)27-12-21(30-24)31(2)15-6-4-5-14(26)9-15/h7-8,10-12,14-15H,4-6,9,26H2,1-3H3,(H,28,30)/t14-,15-/m1/s1. The third-order valence-electron chi connectivity index (χ3n) is 6.55. The molecule has 1 fully saturated rings. The highest BCUT2D eigenvalue weighted by molar-refractivity contribution is 6.38. The predicted molar refractivity (Wildman–Crippen MR) is 130 cm³/mol. The highest BCUT2D eigenvalue weighted by atomic mass is 35.5. The smallest absolute Gasteiger partial charge is 0.159 e. The lowest BCUT2D eigenvalue weighted by molar-refractivity contribution is 0.381. The van der Waals surface area contributed by atoms with Crippen LogP contribution < -0.4 is 15.4 Å². The third-order valence-corrected chi connectivity index (χ3v) is 6.96. The number of aryl methyl sites for hydroxylation is 1. The first kappa shape index (κ1) is 21.0. The van der Waals surface area contributed by atoms with Crippen LogP contribution in [0.2, 0.25) is 5.02 Å². The number of nitrogens with one attached hydrogen (secondary N) is 1. The molecule has 1 aliphatic carbocycles. The van der Waals surface area contributed by atoms with Crippen molar-refractivity contribution >= 4 is 39.5 Å². The van der Waals surface area contributed by atoms with Gasteiger partial charge in [0.2, 0.25) is 0 Å². The molecule has 8 heteroatoms. The highest BCUT2D eigenvalue weighted by Crippen LogP contribution is 2.38. The summed E-state index contributed by atoms with van der Waals surface area (Å²) in [4.78, 5) is 19.7. The zero-order valence-electron chi connectivity index (χ0n) is 18.5. The molecule has 7 nitrogen and oxygen atoms in total. The van der Waals surface area contributed by atoms with E-state index in [0.717, 1.165) is 70.4 Å². The second kappa shape index (κ2) is 8.22. The van der Waals surface area contributed by atoms with E-state index < -0.39 is 0 Å². The second-order valence-corrected chi connectivity index (χ2v) is 8.97. The summed E-state index contributed by atoms with van der Waals surface area (Å²) in [5, 5.41) is 1.47. The highest BCUT2D eigenvalue weighted by Gasteiger charge is 2.24. The number of benzene rings is 1. The molecule has 0 radical (unpaired) electrons. The van der Waals surface area contributed by atoms with E-state index in [9.17, 15) is 0 Å². The van der Waals surface area contributed by atoms with Crippen molar-refractivity contribution < 1.29 is 4.74 Å². The molecule has 2 atom stereocenters. The number of pyridine rings is 1. The topological polar surface area (TPSA) is 93.0 Å². The zero-order chi connectivity index (χ0) is 22.4. The van der Waals surface area contributed by atoms with Gasteiger partial charge in [-0.2, -0.15) is 0 Å². The predicted octanol–water partition coefficient (Wildman–Crippen LogP) is 4.85. The second-order valence-electron chi connectivity index (χ2n) is 8.59. The number of hydrogen-bond donors (Lipinski definition) is 2. The molecule has 0 aliphatic heterocycles. The lowest BCUT2D eigenvalue weighted by Gasteiger charge is -2.34. The molecule has 1 saturated carbocycles. The molecular formula is C24H27ClN6O. The molecule has 0 spiro atoms. The maximum Gasteiger partial charge on any atom is 0.159 e. The number of H-pyrrole nitrogens is 1. The summed E-state index contributed by atoms with van der Waals surface area (Å²) in [6, 6.07) is 6.55. The minimum atomic E-state index is 0.261. The average molecular weight is 451 g/mol. The van der Waals surface area contributed by atoms with Crippen molar-refractivity contribution in [1.82, 2.24) is 19.9 Å². The van der Waals surface area contributed by atoms with E-state index >= 15 is 0 Å². The van der Waals surface area contributed by atoms with E-state index in [1.807, 2.05) is 37.5 Å². The zero-order valence-corrected chi connectivity index (χ0v) is 19.3. The van der Waals surface area contributed by atoms with E-state index in [-0.39, 0.29) is 6.04 Å². The molecule has 0 bridgehead atoms. The van der Waals surface area contributed by atoms with Crippen molar-refractivity contribution in [2.75, 3.05) is 19.1 Å². The van der Waals surface area contributed by atoms with Gasteiger partial charge in [0.05, 0.1) is 29.5 Å². The number of fused-ring (bicyclic) bond motifs is 2. The van der Waals surface area contributed by atoms with Crippen molar-refractivity contribution in [2.45, 2.75) is 44.7 Å². The van der Waals surface area contributed by atoms with Gasteiger partial charge in [-0.25, -0.2) is 15.0 Å². The van der Waals surface area contributed by atoms with Gasteiger partial charge in [-0.15, -0.1) is 0 Å². The number of aromatic amines is 1. The Morgan fingerprint density at radius 3 is 2.84 bits per heavy atom. The maximum atomic E-state index is 6.83. The maximum absolute atomic E-state index is 6.83. The average Bonchev–Trinajstić information content (AvgIpc) is 3.21. The molecule has 3 aromatic heterocycles. The van der Waals surface area contributed by atoms with Crippen LogP contribution in [0.5, 0.6) is 5.75 Å². The fourth-order valence-electron chi connectivity index (χ4n) is 4.70. The molecule has 0 unspecified atom stereocenters. The summed E-state index contributed by atoms with van der Waals surface area (Å²) in [5.41, 5.74) is 11.2. The van der Waals surface area contributed by atoms with Crippen LogP contribution in [0.3, 0.4) is 0 Å². The third kappa shape index (κ3) is 3.55. The number of methoxy groups -OCH3 is 1. The van der Waals surface area contributed by atoms with Crippen LogP contribution in [0, 0.1) is 6.92 Å². The van der Waals surface area contributed by atoms with Crippen molar-refractivity contribution in [3.63, 3.8) is 0 Å². The van der Waals surface area contributed by atoms with E-state index in [1.54, 1.807) is 7.11 Å². The molecule has 3 heterocycles. The quantitative estimate of drug-likeness (QED) is 0.461. The lowest BCUT2D eigenvalue weighted by atomic mass is 9.91. The molecule has 32 heavy (non-hydrogen) atoms. The number of nitrogens with two attached hydrogens (primary N) is 1. The van der Waals surface area contributed by atoms with Crippen LogP contribution in [-0.2, 0) is 0 Å². The van der Waals surface area contributed by atoms with E-state index in [2.05, 4.69) is 21.9 Å². The van der Waals surface area contributed by atoms with Gasteiger partial charge in [0.15, 0.2) is 5.65 Å². The largest absolute Gasteiger partial charge is 0.495 e. The number of ether oxygens (including phenoxy) is 1. The van der Waals surface area contributed by atoms with Crippen molar-refractivity contribution in [2.24, 2.45) is 5.73 Å². The summed E-state index contributed by atoms with van der Waals surface area (Å²) in [5.74, 6) is 1.56. The summed E-state index contributed by atoms with van der Waals surface area (Å²) in [6.07, 6.45) is 8.11. The SMILES string of the molecule is COc1cc2c(Cl)c(-c3c[nH]c4nc(N(C)[C@@H]5CCC[C@@H](N)C5)cnc34)ccc2nc1C. The van der Waals surface area contributed by atoms with Gasteiger partial charge in [-0.3, -0.25) is 0 Å². The molecule has 0 amide bonds. The number of nitrogens with zero attached hydrogens (tertiary/aromatic N) is 4. The summed E-state index contributed by atoms with van der Waals surface area (Å²) < 4.78 is 5.44. The van der Waals surface area contributed by atoms with E-state index in [1.165, 1.54) is 0 Å². The molecule has 4 aromatic rings. The van der Waals surface area contributed by atoms with Gasteiger partial charge in [-0.1, -0.05) is 17.7 Å². The van der Waals surface area contributed by atoms with Crippen molar-refractivity contribution in [3.05, 3.63) is 41.3 Å². The van der Waals surface area contributed by atoms with Crippen LogP contribution in [-0.4, -0.2) is 46.2 Å². The van der Waals surface area contributed by atoms with Gasteiger partial charge in [0, 0.05) is 41.8 Å². The monoisotopic (exact) mass is 450 g/mol. The Morgan fingerprint density at radius 2 is 2.06 bits per heavy atom. The molecular weight excluding hydrogens is 424 g/mol. The summed E-state index contributed by atoms with van der Waals surface area (Å²) in [6.45, 7) is 1.92. The lowest BCUT2D eigenvalue weighted by Crippen LogP contribution is -2.41. The van der Waals surface area contributed by atoms with Crippen molar-refractivity contribution in [3.8, 4) is 16.9 Å². The van der Waals surface area contributed by atoms with Gasteiger partial charge in [0.1, 0.15) is 17.1 Å². The Kier molecular flexibility index (Phi) is 5.39. The van der Waals surface area contributed by atoms with E-state index in [0.29, 0.717) is 16.8 Å². The van der Waals surface area contributed by atoms with Crippen LogP contribution >= 0.6 is 11.6 Å². The van der Waals surface area contributed by atoms with Crippen LogP contribution in [0.1, 0.15) is 31.4 Å². The fourth-order valence-corrected chi connectivity index (χ4v) is 5.02. The first-order valence-electron chi connectivity index (χ1n) is 10.9. The summed E-state index contributed by atoms with van der Waals surface area (Å²) in [7, 11) is 3.71.